The Morgan fingerprint density at radius 3 is 2.86 bits per heavy atom. The monoisotopic (exact) mass is 260 g/mol. The van der Waals surface area contributed by atoms with Crippen molar-refractivity contribution in [3.63, 3.8) is 0 Å². The molecule has 80 valence electrons. The van der Waals surface area contributed by atoms with E-state index >= 15 is 0 Å². The Kier molecular flexibility index (Phi) is 4.62. The molecule has 0 amide bonds. The van der Waals surface area contributed by atoms with E-state index in [0.717, 1.165) is 23.3 Å². The first kappa shape index (κ1) is 11.7. The van der Waals surface area contributed by atoms with Crippen molar-refractivity contribution in [2.45, 2.75) is 33.9 Å². The number of rotatable bonds is 5. The predicted octanol–water partition coefficient (Wildman–Crippen LogP) is 2.84. The van der Waals surface area contributed by atoms with E-state index in [1.807, 2.05) is 17.8 Å². The van der Waals surface area contributed by atoms with Crippen LogP contribution in [0.3, 0.4) is 0 Å². The van der Waals surface area contributed by atoms with Crippen LogP contribution in [-0.2, 0) is 17.9 Å². The van der Waals surface area contributed by atoms with E-state index in [1.54, 1.807) is 0 Å². The van der Waals surface area contributed by atoms with Gasteiger partial charge in [0, 0.05) is 13.2 Å². The van der Waals surface area contributed by atoms with Crippen molar-refractivity contribution in [1.82, 2.24) is 9.78 Å². The summed E-state index contributed by atoms with van der Waals surface area (Å²) in [7, 11) is 0. The zero-order chi connectivity index (χ0) is 10.6. The van der Waals surface area contributed by atoms with Gasteiger partial charge in [-0.05, 0) is 28.8 Å². The van der Waals surface area contributed by atoms with Crippen molar-refractivity contribution in [2.24, 2.45) is 5.92 Å². The van der Waals surface area contributed by atoms with Gasteiger partial charge in [0.2, 0.25) is 0 Å². The quantitative estimate of drug-likeness (QED) is 0.814. The number of aromatic nitrogens is 2. The summed E-state index contributed by atoms with van der Waals surface area (Å²) in [5.74, 6) is 0.599. The maximum atomic E-state index is 5.39. The largest absolute Gasteiger partial charge is 0.375 e. The number of hydrogen-bond acceptors (Lipinski definition) is 2. The van der Waals surface area contributed by atoms with Crippen LogP contribution in [0.15, 0.2) is 10.7 Å². The summed E-state index contributed by atoms with van der Waals surface area (Å²) in [6.07, 6.45) is 1.83. The second-order valence-electron chi connectivity index (χ2n) is 3.65. The van der Waals surface area contributed by atoms with Gasteiger partial charge in [-0.2, -0.15) is 5.10 Å². The van der Waals surface area contributed by atoms with Gasteiger partial charge in [-0.15, -0.1) is 0 Å². The van der Waals surface area contributed by atoms with Crippen LogP contribution in [0.2, 0.25) is 0 Å². The fourth-order valence-electron chi connectivity index (χ4n) is 1.23. The van der Waals surface area contributed by atoms with Crippen LogP contribution >= 0.6 is 15.9 Å². The molecular weight excluding hydrogens is 244 g/mol. The minimum absolute atomic E-state index is 0.599. The van der Waals surface area contributed by atoms with Gasteiger partial charge in [-0.3, -0.25) is 4.68 Å². The molecule has 0 radical (unpaired) electrons. The third kappa shape index (κ3) is 3.10. The zero-order valence-electron chi connectivity index (χ0n) is 8.96. The molecule has 0 aliphatic heterocycles. The van der Waals surface area contributed by atoms with Gasteiger partial charge in [-0.1, -0.05) is 13.8 Å². The highest BCUT2D eigenvalue weighted by molar-refractivity contribution is 9.10. The zero-order valence-corrected chi connectivity index (χ0v) is 10.5. The maximum Gasteiger partial charge on any atom is 0.0896 e. The SMILES string of the molecule is CCOCc1c(Br)cnn1CC(C)C. The molecule has 0 aliphatic rings. The molecule has 3 nitrogen and oxygen atoms in total. The third-order valence-electron chi connectivity index (χ3n) is 1.88. The van der Waals surface area contributed by atoms with Gasteiger partial charge in [0.25, 0.3) is 0 Å². The molecule has 14 heavy (non-hydrogen) atoms. The van der Waals surface area contributed by atoms with Crippen LogP contribution in [0.5, 0.6) is 0 Å². The molecule has 1 heterocycles. The third-order valence-corrected chi connectivity index (χ3v) is 2.54. The Bertz CT molecular complexity index is 284. The maximum absolute atomic E-state index is 5.39. The van der Waals surface area contributed by atoms with Crippen molar-refractivity contribution in [3.8, 4) is 0 Å². The molecule has 0 aromatic carbocycles. The fraction of sp³-hybridized carbons (Fsp3) is 0.700. The molecule has 0 saturated carbocycles. The summed E-state index contributed by atoms with van der Waals surface area (Å²) in [5.41, 5.74) is 1.13. The van der Waals surface area contributed by atoms with E-state index in [0.29, 0.717) is 12.5 Å². The molecule has 0 unspecified atom stereocenters. The molecule has 0 aliphatic carbocycles. The average Bonchev–Trinajstić information content (AvgIpc) is 2.44. The van der Waals surface area contributed by atoms with Gasteiger partial charge in [-0.25, -0.2) is 0 Å². The molecule has 1 aromatic heterocycles. The lowest BCUT2D eigenvalue weighted by Gasteiger charge is -2.10. The summed E-state index contributed by atoms with van der Waals surface area (Å²) in [5, 5.41) is 4.30. The standard InChI is InChI=1S/C10H17BrN2O/c1-4-14-7-10-9(11)5-12-13(10)6-8(2)3/h5,8H,4,6-7H2,1-3H3. The minimum Gasteiger partial charge on any atom is -0.375 e. The highest BCUT2D eigenvalue weighted by atomic mass is 79.9. The second-order valence-corrected chi connectivity index (χ2v) is 4.51. The molecule has 0 saturated heterocycles. The first-order chi connectivity index (χ1) is 6.65. The fourth-order valence-corrected chi connectivity index (χ4v) is 1.64. The summed E-state index contributed by atoms with van der Waals surface area (Å²) in [6, 6.07) is 0. The molecule has 0 N–H and O–H groups in total. The summed E-state index contributed by atoms with van der Waals surface area (Å²) >= 11 is 3.47. The number of ether oxygens (including phenoxy) is 1. The van der Waals surface area contributed by atoms with Crippen LogP contribution in [0.1, 0.15) is 26.5 Å². The van der Waals surface area contributed by atoms with Crippen LogP contribution < -0.4 is 0 Å². The van der Waals surface area contributed by atoms with Crippen molar-refractivity contribution >= 4 is 15.9 Å². The van der Waals surface area contributed by atoms with Crippen LogP contribution in [0, 0.1) is 5.92 Å². The van der Waals surface area contributed by atoms with Gasteiger partial charge in [0.05, 0.1) is 23.0 Å². The number of hydrogen-bond donors (Lipinski definition) is 0. The Morgan fingerprint density at radius 1 is 1.57 bits per heavy atom. The Labute approximate surface area is 93.6 Å². The van der Waals surface area contributed by atoms with Crippen LogP contribution in [0.4, 0.5) is 0 Å². The van der Waals surface area contributed by atoms with Crippen molar-refractivity contribution in [2.75, 3.05) is 6.61 Å². The van der Waals surface area contributed by atoms with E-state index in [4.69, 9.17) is 4.74 Å². The van der Waals surface area contributed by atoms with E-state index in [2.05, 4.69) is 34.9 Å². The molecule has 0 bridgehead atoms. The van der Waals surface area contributed by atoms with Gasteiger partial charge in [0.1, 0.15) is 0 Å². The van der Waals surface area contributed by atoms with Crippen molar-refractivity contribution in [3.05, 3.63) is 16.4 Å². The van der Waals surface area contributed by atoms with Gasteiger partial charge in [0.15, 0.2) is 0 Å². The topological polar surface area (TPSA) is 27.1 Å². The van der Waals surface area contributed by atoms with Gasteiger partial charge < -0.3 is 4.74 Å². The van der Waals surface area contributed by atoms with Gasteiger partial charge >= 0.3 is 0 Å². The molecular formula is C10H17BrN2O. The molecule has 0 fully saturated rings. The van der Waals surface area contributed by atoms with E-state index in [1.165, 1.54) is 0 Å². The molecule has 0 atom stereocenters. The average molecular weight is 261 g/mol. The summed E-state index contributed by atoms with van der Waals surface area (Å²) in [6.45, 7) is 8.66. The van der Waals surface area contributed by atoms with E-state index < -0.39 is 0 Å². The summed E-state index contributed by atoms with van der Waals surface area (Å²) < 4.78 is 8.43. The highest BCUT2D eigenvalue weighted by Gasteiger charge is 2.09. The first-order valence-corrected chi connectivity index (χ1v) is 5.72. The van der Waals surface area contributed by atoms with Crippen LogP contribution in [-0.4, -0.2) is 16.4 Å². The smallest absolute Gasteiger partial charge is 0.0896 e. The number of halogens is 1. The predicted molar refractivity (Wildman–Crippen MR) is 60.1 cm³/mol. The Morgan fingerprint density at radius 2 is 2.29 bits per heavy atom. The summed E-state index contributed by atoms with van der Waals surface area (Å²) in [4.78, 5) is 0. The molecule has 0 spiro atoms. The highest BCUT2D eigenvalue weighted by Crippen LogP contribution is 2.17. The molecule has 1 aromatic rings. The Hall–Kier alpha value is -0.350. The minimum atomic E-state index is 0.599. The van der Waals surface area contributed by atoms with Crippen molar-refractivity contribution in [1.29, 1.82) is 0 Å². The number of nitrogens with zero attached hydrogens (tertiary/aromatic N) is 2. The van der Waals surface area contributed by atoms with Crippen LogP contribution in [0.25, 0.3) is 0 Å². The first-order valence-electron chi connectivity index (χ1n) is 4.93. The lowest BCUT2D eigenvalue weighted by atomic mass is 10.2. The lowest BCUT2D eigenvalue weighted by molar-refractivity contribution is 0.126. The van der Waals surface area contributed by atoms with E-state index in [9.17, 15) is 0 Å². The Balaban J connectivity index is 2.72. The van der Waals surface area contributed by atoms with E-state index in [-0.39, 0.29) is 0 Å². The molecule has 4 heteroatoms. The van der Waals surface area contributed by atoms with Crippen molar-refractivity contribution < 1.29 is 4.74 Å². The second kappa shape index (κ2) is 5.51. The lowest BCUT2D eigenvalue weighted by Crippen LogP contribution is -2.10. The molecule has 1 rings (SSSR count). The normalized spacial score (nSPS) is 11.2.